The van der Waals surface area contributed by atoms with Crippen LogP contribution < -0.4 is 5.32 Å². The Labute approximate surface area is 127 Å². The molecule has 2 N–H and O–H groups in total. The molecule has 1 aliphatic heterocycles. The molecule has 2 unspecified atom stereocenters. The third-order valence-corrected chi connectivity index (χ3v) is 4.32. The summed E-state index contributed by atoms with van der Waals surface area (Å²) < 4.78 is 5.36. The SMILES string of the molecule is CCN(Cc1cccs1)C(=O)NCC1CCC(C(=O)O)O1. The molecule has 6 nitrogen and oxygen atoms in total. The summed E-state index contributed by atoms with van der Waals surface area (Å²) in [6.07, 6.45) is 0.215. The van der Waals surface area contributed by atoms with Crippen LogP contribution >= 0.6 is 11.3 Å². The van der Waals surface area contributed by atoms with Gasteiger partial charge in [0.15, 0.2) is 6.10 Å². The molecule has 2 heterocycles. The molecule has 0 aliphatic carbocycles. The molecular weight excluding hydrogens is 292 g/mol. The molecule has 0 saturated carbocycles. The highest BCUT2D eigenvalue weighted by atomic mass is 32.1. The Bertz CT molecular complexity index is 477. The first-order valence-corrected chi connectivity index (χ1v) is 7.91. The number of hydrogen-bond acceptors (Lipinski definition) is 4. The number of rotatable bonds is 6. The van der Waals surface area contributed by atoms with Gasteiger partial charge in [-0.05, 0) is 31.2 Å². The summed E-state index contributed by atoms with van der Waals surface area (Å²) in [5, 5.41) is 13.7. The van der Waals surface area contributed by atoms with Gasteiger partial charge < -0.3 is 20.1 Å². The number of hydrogen-bond donors (Lipinski definition) is 2. The molecule has 1 aliphatic rings. The Morgan fingerprint density at radius 3 is 2.90 bits per heavy atom. The molecule has 0 radical (unpaired) electrons. The zero-order valence-electron chi connectivity index (χ0n) is 11.9. The highest BCUT2D eigenvalue weighted by molar-refractivity contribution is 7.09. The number of carbonyl (C=O) groups excluding carboxylic acids is 1. The van der Waals surface area contributed by atoms with E-state index in [0.29, 0.717) is 32.5 Å². The van der Waals surface area contributed by atoms with Gasteiger partial charge in [-0.3, -0.25) is 0 Å². The molecule has 2 amide bonds. The number of urea groups is 1. The fraction of sp³-hybridized carbons (Fsp3) is 0.571. The first kappa shape index (κ1) is 15.8. The van der Waals surface area contributed by atoms with Crippen molar-refractivity contribution in [2.75, 3.05) is 13.1 Å². The Morgan fingerprint density at radius 2 is 2.33 bits per heavy atom. The third kappa shape index (κ3) is 4.44. The van der Waals surface area contributed by atoms with Crippen LogP contribution in [0.5, 0.6) is 0 Å². The van der Waals surface area contributed by atoms with Gasteiger partial charge in [-0.25, -0.2) is 9.59 Å². The summed E-state index contributed by atoms with van der Waals surface area (Å²) in [4.78, 5) is 25.8. The van der Waals surface area contributed by atoms with Gasteiger partial charge in [0.1, 0.15) is 0 Å². The van der Waals surface area contributed by atoms with E-state index >= 15 is 0 Å². The van der Waals surface area contributed by atoms with Gasteiger partial charge in [-0.2, -0.15) is 0 Å². The smallest absolute Gasteiger partial charge is 0.332 e. The normalized spacial score (nSPS) is 21.2. The largest absolute Gasteiger partial charge is 0.479 e. The van der Waals surface area contributed by atoms with Crippen molar-refractivity contribution in [3.63, 3.8) is 0 Å². The average molecular weight is 312 g/mol. The van der Waals surface area contributed by atoms with E-state index in [2.05, 4.69) is 5.32 Å². The van der Waals surface area contributed by atoms with Gasteiger partial charge in [-0.15, -0.1) is 11.3 Å². The van der Waals surface area contributed by atoms with Crippen LogP contribution in [0, 0.1) is 0 Å². The van der Waals surface area contributed by atoms with Crippen LogP contribution in [0.25, 0.3) is 0 Å². The first-order valence-electron chi connectivity index (χ1n) is 7.03. The van der Waals surface area contributed by atoms with Crippen molar-refractivity contribution in [3.8, 4) is 0 Å². The molecule has 21 heavy (non-hydrogen) atoms. The van der Waals surface area contributed by atoms with E-state index in [1.807, 2.05) is 24.4 Å². The van der Waals surface area contributed by atoms with E-state index in [1.54, 1.807) is 16.2 Å². The van der Waals surface area contributed by atoms with Crippen molar-refractivity contribution < 1.29 is 19.4 Å². The Morgan fingerprint density at radius 1 is 1.52 bits per heavy atom. The Balaban J connectivity index is 1.76. The minimum absolute atomic E-state index is 0.145. The monoisotopic (exact) mass is 312 g/mol. The predicted molar refractivity (Wildman–Crippen MR) is 79.3 cm³/mol. The first-order chi connectivity index (χ1) is 10.1. The maximum atomic E-state index is 12.1. The zero-order chi connectivity index (χ0) is 15.2. The third-order valence-electron chi connectivity index (χ3n) is 3.46. The van der Waals surface area contributed by atoms with Crippen molar-refractivity contribution in [1.29, 1.82) is 0 Å². The summed E-state index contributed by atoms with van der Waals surface area (Å²) in [7, 11) is 0. The molecule has 1 saturated heterocycles. The lowest BCUT2D eigenvalue weighted by atomic mass is 10.2. The summed E-state index contributed by atoms with van der Waals surface area (Å²) in [6.45, 7) is 3.49. The fourth-order valence-corrected chi connectivity index (χ4v) is 2.99. The van der Waals surface area contributed by atoms with E-state index < -0.39 is 12.1 Å². The van der Waals surface area contributed by atoms with Crippen LogP contribution in [0.2, 0.25) is 0 Å². The topological polar surface area (TPSA) is 78.9 Å². The minimum atomic E-state index is -0.934. The summed E-state index contributed by atoms with van der Waals surface area (Å²) in [6, 6.07) is 3.82. The van der Waals surface area contributed by atoms with Gasteiger partial charge in [-0.1, -0.05) is 6.07 Å². The fourth-order valence-electron chi connectivity index (χ4n) is 2.27. The van der Waals surface area contributed by atoms with Crippen LogP contribution in [0.1, 0.15) is 24.6 Å². The molecule has 2 rings (SSSR count). The van der Waals surface area contributed by atoms with Crippen molar-refractivity contribution in [2.24, 2.45) is 0 Å². The van der Waals surface area contributed by atoms with Crippen LogP contribution in [-0.4, -0.2) is 47.3 Å². The second kappa shape index (κ2) is 7.42. The maximum absolute atomic E-state index is 12.1. The van der Waals surface area contributed by atoms with Gasteiger partial charge >= 0.3 is 12.0 Å². The lowest BCUT2D eigenvalue weighted by Crippen LogP contribution is -2.42. The molecule has 0 aromatic carbocycles. The number of nitrogens with zero attached hydrogens (tertiary/aromatic N) is 1. The second-order valence-corrected chi connectivity index (χ2v) is 5.97. The number of thiophene rings is 1. The Kier molecular flexibility index (Phi) is 5.58. The van der Waals surface area contributed by atoms with Gasteiger partial charge in [0, 0.05) is 18.0 Å². The minimum Gasteiger partial charge on any atom is -0.479 e. The summed E-state index contributed by atoms with van der Waals surface area (Å²) in [5.41, 5.74) is 0. The molecule has 116 valence electrons. The Hall–Kier alpha value is -1.60. The van der Waals surface area contributed by atoms with E-state index in [0.717, 1.165) is 4.88 Å². The number of carboxylic acid groups (broad SMARTS) is 1. The summed E-state index contributed by atoms with van der Waals surface area (Å²) in [5.74, 6) is -0.934. The molecule has 1 fully saturated rings. The molecule has 1 aromatic rings. The molecule has 2 atom stereocenters. The number of aliphatic carboxylic acids is 1. The zero-order valence-corrected chi connectivity index (χ0v) is 12.8. The number of amides is 2. The van der Waals surface area contributed by atoms with Crippen molar-refractivity contribution in [3.05, 3.63) is 22.4 Å². The van der Waals surface area contributed by atoms with Crippen molar-refractivity contribution in [2.45, 2.75) is 38.5 Å². The van der Waals surface area contributed by atoms with Crippen molar-refractivity contribution in [1.82, 2.24) is 10.2 Å². The highest BCUT2D eigenvalue weighted by Gasteiger charge is 2.30. The molecule has 0 bridgehead atoms. The van der Waals surface area contributed by atoms with E-state index in [9.17, 15) is 9.59 Å². The van der Waals surface area contributed by atoms with Crippen molar-refractivity contribution >= 4 is 23.3 Å². The van der Waals surface area contributed by atoms with Crippen LogP contribution in [0.3, 0.4) is 0 Å². The molecule has 0 spiro atoms. The number of ether oxygens (including phenoxy) is 1. The molecule has 1 aromatic heterocycles. The predicted octanol–water partition coefficient (Wildman–Crippen LogP) is 1.91. The van der Waals surface area contributed by atoms with E-state index in [4.69, 9.17) is 9.84 Å². The van der Waals surface area contributed by atoms with E-state index in [-0.39, 0.29) is 12.1 Å². The van der Waals surface area contributed by atoms with Crippen LogP contribution in [-0.2, 0) is 16.1 Å². The standard InChI is InChI=1S/C14H20N2O4S/c1-2-16(9-11-4-3-7-21-11)14(19)15-8-10-5-6-12(20-10)13(17)18/h3-4,7,10,12H,2,5-6,8-9H2,1H3,(H,15,19)(H,17,18). The quantitative estimate of drug-likeness (QED) is 0.841. The van der Waals surface area contributed by atoms with Gasteiger partial charge in [0.05, 0.1) is 12.6 Å². The van der Waals surface area contributed by atoms with E-state index in [1.165, 1.54) is 0 Å². The maximum Gasteiger partial charge on any atom is 0.332 e. The molecule has 7 heteroatoms. The highest BCUT2D eigenvalue weighted by Crippen LogP contribution is 2.19. The molecular formula is C14H20N2O4S. The van der Waals surface area contributed by atoms with Gasteiger partial charge in [0.25, 0.3) is 0 Å². The number of carbonyl (C=O) groups is 2. The average Bonchev–Trinajstić information content (AvgIpc) is 3.13. The van der Waals surface area contributed by atoms with Crippen LogP contribution in [0.4, 0.5) is 4.79 Å². The number of carboxylic acids is 1. The summed E-state index contributed by atoms with van der Waals surface area (Å²) >= 11 is 1.62. The van der Waals surface area contributed by atoms with Crippen LogP contribution in [0.15, 0.2) is 17.5 Å². The number of nitrogens with one attached hydrogen (secondary N) is 1. The second-order valence-electron chi connectivity index (χ2n) is 4.94. The lowest BCUT2D eigenvalue weighted by Gasteiger charge is -2.22. The van der Waals surface area contributed by atoms with Gasteiger partial charge in [0.2, 0.25) is 0 Å². The lowest BCUT2D eigenvalue weighted by molar-refractivity contribution is -0.149.